The number of thiazole rings is 1. The van der Waals surface area contributed by atoms with E-state index in [1.807, 2.05) is 72.8 Å². The summed E-state index contributed by atoms with van der Waals surface area (Å²) in [7, 11) is 3.31. The molecule has 0 spiro atoms. The summed E-state index contributed by atoms with van der Waals surface area (Å²) in [6.45, 7) is 5.35. The van der Waals surface area contributed by atoms with Gasteiger partial charge in [0.25, 0.3) is 0 Å². The van der Waals surface area contributed by atoms with Crippen LogP contribution < -0.4 is 19.7 Å². The van der Waals surface area contributed by atoms with Crippen LogP contribution in [0.25, 0.3) is 10.2 Å². The average Bonchev–Trinajstić information content (AvgIpc) is 3.52. The number of hydrogen-bond donors (Lipinski definition) is 2. The summed E-state index contributed by atoms with van der Waals surface area (Å²) in [5, 5.41) is 15.1. The van der Waals surface area contributed by atoms with Gasteiger partial charge in [-0.1, -0.05) is 50.2 Å². The quantitative estimate of drug-likeness (QED) is 0.134. The molecule has 10 heteroatoms. The van der Waals surface area contributed by atoms with Gasteiger partial charge in [0, 0.05) is 31.9 Å². The van der Waals surface area contributed by atoms with E-state index >= 15 is 0 Å². The Labute approximate surface area is 274 Å². The first-order valence-corrected chi connectivity index (χ1v) is 16.3. The fourth-order valence-electron chi connectivity index (χ4n) is 5.10. The Morgan fingerprint density at radius 2 is 1.46 bits per heavy atom. The summed E-state index contributed by atoms with van der Waals surface area (Å²) in [6, 6.07) is 23.1. The van der Waals surface area contributed by atoms with Crippen LogP contribution in [0.3, 0.4) is 0 Å². The smallest absolute Gasteiger partial charge is 0.225 e. The number of hydrogen-bond acceptors (Lipinski definition) is 9. The summed E-state index contributed by atoms with van der Waals surface area (Å²) in [4.78, 5) is 29.2. The van der Waals surface area contributed by atoms with Crippen molar-refractivity contribution in [3.05, 3.63) is 107 Å². The normalized spacial score (nSPS) is 12.6. The Morgan fingerprint density at radius 1 is 0.870 bits per heavy atom. The summed E-state index contributed by atoms with van der Waals surface area (Å²) < 4.78 is 11.7. The minimum absolute atomic E-state index is 0.0958. The van der Waals surface area contributed by atoms with Crippen molar-refractivity contribution in [1.82, 2.24) is 20.3 Å². The van der Waals surface area contributed by atoms with Gasteiger partial charge < -0.3 is 24.8 Å². The highest BCUT2D eigenvalue weighted by Crippen LogP contribution is 2.29. The predicted octanol–water partition coefficient (Wildman–Crippen LogP) is 6.51. The lowest BCUT2D eigenvalue weighted by Crippen LogP contribution is -2.41. The second-order valence-corrected chi connectivity index (χ2v) is 12.8. The fraction of sp³-hybridized carbons (Fsp3) is 0.333. The van der Waals surface area contributed by atoms with Gasteiger partial charge in [-0.2, -0.15) is 0 Å². The zero-order chi connectivity index (χ0) is 32.5. The van der Waals surface area contributed by atoms with E-state index in [2.05, 4.69) is 29.0 Å². The number of ether oxygens (including phenoxy) is 2. The molecule has 0 aliphatic heterocycles. The van der Waals surface area contributed by atoms with Crippen molar-refractivity contribution in [1.29, 1.82) is 0 Å². The SMILES string of the molecule is COc1ccc(CN(Cc2ccc(OC)cc2)c2ncc(CC(NC(=O)CCC(C)C)C(O)c3nc4ccccc4s3)cn2)cc1. The third kappa shape index (κ3) is 8.80. The second kappa shape index (κ2) is 15.6. The number of fused-ring (bicyclic) bond motifs is 1. The highest BCUT2D eigenvalue weighted by Gasteiger charge is 2.27. The molecule has 5 rings (SSSR count). The van der Waals surface area contributed by atoms with Crippen LogP contribution in [-0.4, -0.2) is 46.2 Å². The molecule has 1 amide bonds. The van der Waals surface area contributed by atoms with E-state index in [9.17, 15) is 9.90 Å². The van der Waals surface area contributed by atoms with Gasteiger partial charge in [-0.3, -0.25) is 4.79 Å². The van der Waals surface area contributed by atoms with Gasteiger partial charge in [0.15, 0.2) is 0 Å². The van der Waals surface area contributed by atoms with Crippen molar-refractivity contribution < 1.29 is 19.4 Å². The zero-order valence-electron chi connectivity index (χ0n) is 26.7. The van der Waals surface area contributed by atoms with Gasteiger partial charge in [-0.05, 0) is 71.8 Å². The molecule has 2 unspecified atom stereocenters. The number of benzene rings is 3. The maximum Gasteiger partial charge on any atom is 0.225 e. The van der Waals surface area contributed by atoms with Crippen LogP contribution in [0.2, 0.25) is 0 Å². The number of methoxy groups -OCH3 is 2. The molecule has 2 aromatic heterocycles. The van der Waals surface area contributed by atoms with Crippen LogP contribution >= 0.6 is 11.3 Å². The minimum atomic E-state index is -0.985. The van der Waals surface area contributed by atoms with E-state index in [0.717, 1.165) is 44.8 Å². The van der Waals surface area contributed by atoms with E-state index in [4.69, 9.17) is 19.4 Å². The van der Waals surface area contributed by atoms with Crippen molar-refractivity contribution in [3.63, 3.8) is 0 Å². The molecule has 0 radical (unpaired) electrons. The number of aliphatic hydroxyl groups excluding tert-OH is 1. The van der Waals surface area contributed by atoms with E-state index in [1.165, 1.54) is 11.3 Å². The van der Waals surface area contributed by atoms with Gasteiger partial charge >= 0.3 is 0 Å². The number of carbonyl (C=O) groups excluding carboxylic acids is 1. The van der Waals surface area contributed by atoms with Crippen molar-refractivity contribution in [2.24, 2.45) is 5.92 Å². The van der Waals surface area contributed by atoms with E-state index in [0.29, 0.717) is 42.8 Å². The highest BCUT2D eigenvalue weighted by molar-refractivity contribution is 7.18. The summed E-state index contributed by atoms with van der Waals surface area (Å²) in [5.74, 6) is 2.47. The van der Waals surface area contributed by atoms with Crippen LogP contribution in [0.5, 0.6) is 11.5 Å². The Morgan fingerprint density at radius 3 is 2.00 bits per heavy atom. The first-order valence-electron chi connectivity index (χ1n) is 15.5. The van der Waals surface area contributed by atoms with Gasteiger partial charge in [0.05, 0.1) is 30.5 Å². The van der Waals surface area contributed by atoms with Crippen molar-refractivity contribution >= 4 is 33.4 Å². The highest BCUT2D eigenvalue weighted by atomic mass is 32.1. The lowest BCUT2D eigenvalue weighted by atomic mass is 10.0. The van der Waals surface area contributed by atoms with Gasteiger partial charge in [0.1, 0.15) is 22.6 Å². The number of nitrogens with zero attached hydrogens (tertiary/aromatic N) is 4. The minimum Gasteiger partial charge on any atom is -0.497 e. The van der Waals surface area contributed by atoms with Crippen molar-refractivity contribution in [3.8, 4) is 11.5 Å². The van der Waals surface area contributed by atoms with Gasteiger partial charge in [-0.25, -0.2) is 15.0 Å². The summed E-state index contributed by atoms with van der Waals surface area (Å²) in [5.41, 5.74) is 3.80. The molecule has 0 saturated heterocycles. The molecular formula is C36H41N5O4S. The second-order valence-electron chi connectivity index (χ2n) is 11.7. The standard InChI is InChI=1S/C36H41N5O4S/c1-24(2)9-18-33(42)39-31(34(43)35-40-30-7-5-6-8-32(30)46-35)19-27-20-37-36(38-21-27)41(22-25-10-14-28(44-3)15-11-25)23-26-12-16-29(45-4)17-13-26/h5-8,10-17,20-21,24,31,34,43H,9,18-19,22-23H2,1-4H3,(H,39,42). The predicted molar refractivity (Wildman–Crippen MR) is 182 cm³/mol. The number of aromatic nitrogens is 3. The molecule has 240 valence electrons. The number of aliphatic hydroxyl groups is 1. The lowest BCUT2D eigenvalue weighted by Gasteiger charge is -2.25. The van der Waals surface area contributed by atoms with Crippen LogP contribution in [0.4, 0.5) is 5.95 Å². The van der Waals surface area contributed by atoms with Gasteiger partial charge in [-0.15, -0.1) is 11.3 Å². The zero-order valence-corrected chi connectivity index (χ0v) is 27.5. The number of amides is 1. The van der Waals surface area contributed by atoms with E-state index in [-0.39, 0.29) is 5.91 Å². The molecule has 9 nitrogen and oxygen atoms in total. The monoisotopic (exact) mass is 639 g/mol. The van der Waals surface area contributed by atoms with Gasteiger partial charge in [0.2, 0.25) is 11.9 Å². The van der Waals surface area contributed by atoms with Crippen molar-refractivity contribution in [2.75, 3.05) is 19.1 Å². The molecule has 0 aliphatic carbocycles. The molecule has 46 heavy (non-hydrogen) atoms. The first kappa shape index (κ1) is 32.8. The molecule has 2 N–H and O–H groups in total. The number of rotatable bonds is 15. The van der Waals surface area contributed by atoms with Crippen molar-refractivity contribution in [2.45, 2.75) is 58.3 Å². The topological polar surface area (TPSA) is 110 Å². The Kier molecular flexibility index (Phi) is 11.2. The van der Waals surface area contributed by atoms with Crippen LogP contribution in [0.1, 0.15) is 54.5 Å². The molecule has 0 aliphatic rings. The van der Waals surface area contributed by atoms with E-state index in [1.54, 1.807) is 26.6 Å². The molecule has 2 atom stereocenters. The summed E-state index contributed by atoms with van der Waals surface area (Å²) >= 11 is 1.44. The third-order valence-electron chi connectivity index (χ3n) is 7.73. The van der Waals surface area contributed by atoms with Crippen LogP contribution in [-0.2, 0) is 24.3 Å². The molecule has 2 heterocycles. The molecule has 0 saturated carbocycles. The number of nitrogens with one attached hydrogen (secondary N) is 1. The Hall–Kier alpha value is -4.54. The van der Waals surface area contributed by atoms with Crippen LogP contribution in [0.15, 0.2) is 85.2 Å². The lowest BCUT2D eigenvalue weighted by molar-refractivity contribution is -0.123. The molecule has 3 aromatic carbocycles. The first-order chi connectivity index (χ1) is 22.3. The number of anilines is 1. The molecule has 0 fully saturated rings. The Balaban J connectivity index is 1.37. The maximum atomic E-state index is 12.9. The number of carbonyl (C=O) groups is 1. The molecule has 0 bridgehead atoms. The van der Waals surface area contributed by atoms with Crippen LogP contribution in [0, 0.1) is 5.92 Å². The average molecular weight is 640 g/mol. The molecular weight excluding hydrogens is 598 g/mol. The van der Waals surface area contributed by atoms with E-state index < -0.39 is 12.1 Å². The Bertz CT molecular complexity index is 1610. The number of para-hydroxylation sites is 1. The maximum absolute atomic E-state index is 12.9. The third-order valence-corrected chi connectivity index (χ3v) is 8.84. The summed E-state index contributed by atoms with van der Waals surface area (Å²) in [6.07, 6.45) is 4.07. The molecule has 5 aromatic rings. The largest absolute Gasteiger partial charge is 0.497 e. The fourth-order valence-corrected chi connectivity index (χ4v) is 6.12.